The molecule has 0 fully saturated rings. The summed E-state index contributed by atoms with van der Waals surface area (Å²) in [6, 6.07) is 0. The fraction of sp³-hybridized carbons (Fsp3) is 0.400. The van der Waals surface area contributed by atoms with Crippen LogP contribution in [0.25, 0.3) is 5.70 Å². The van der Waals surface area contributed by atoms with E-state index in [1.807, 2.05) is 12.2 Å². The van der Waals surface area contributed by atoms with Crippen LogP contribution >= 0.6 is 11.5 Å². The first-order chi connectivity index (χ1) is 7.63. The fourth-order valence-corrected chi connectivity index (χ4v) is 2.35. The van der Waals surface area contributed by atoms with Crippen molar-refractivity contribution in [1.29, 1.82) is 0 Å². The molecular weight excluding hydrogens is 228 g/mol. The van der Waals surface area contributed by atoms with Crippen LogP contribution in [-0.2, 0) is 11.8 Å². The third-order valence-corrected chi connectivity index (χ3v) is 3.52. The summed E-state index contributed by atoms with van der Waals surface area (Å²) in [5.74, 6) is 0.889. The molecule has 0 bridgehead atoms. The standard InChI is InChI=1S/C10H12N2O3S/c1-11-9(13)12(16-10(11)14)7-3-5-8(15-2)6-4-7/h3,5H,4,6H2,1-2H3. The van der Waals surface area contributed by atoms with E-state index in [4.69, 9.17) is 4.74 Å². The van der Waals surface area contributed by atoms with Gasteiger partial charge >= 0.3 is 10.6 Å². The van der Waals surface area contributed by atoms with Gasteiger partial charge in [0.15, 0.2) is 0 Å². The molecule has 0 aliphatic heterocycles. The molecule has 0 N–H and O–H groups in total. The normalized spacial score (nSPS) is 15.6. The molecule has 0 atom stereocenters. The molecular formula is C10H12N2O3S. The minimum Gasteiger partial charge on any atom is -0.501 e. The molecule has 5 nitrogen and oxygen atoms in total. The SMILES string of the molecule is COC1=CC=C(n2sc(=O)n(C)c2=O)CC1. The van der Waals surface area contributed by atoms with E-state index in [-0.39, 0.29) is 10.6 Å². The summed E-state index contributed by atoms with van der Waals surface area (Å²) in [6.07, 6.45) is 5.11. The van der Waals surface area contributed by atoms with E-state index in [0.29, 0.717) is 6.42 Å². The van der Waals surface area contributed by atoms with Crippen LogP contribution in [0.3, 0.4) is 0 Å². The number of ether oxygens (including phenoxy) is 1. The molecule has 6 heteroatoms. The summed E-state index contributed by atoms with van der Waals surface area (Å²) >= 11 is 0.930. The summed E-state index contributed by atoms with van der Waals surface area (Å²) in [5, 5.41) is 0. The summed E-state index contributed by atoms with van der Waals surface area (Å²) in [7, 11) is 3.11. The molecule has 1 aliphatic carbocycles. The van der Waals surface area contributed by atoms with Gasteiger partial charge in [-0.05, 0) is 18.6 Å². The number of methoxy groups -OCH3 is 1. The lowest BCUT2D eigenvalue weighted by Gasteiger charge is -2.12. The minimum atomic E-state index is -0.282. The van der Waals surface area contributed by atoms with Crippen molar-refractivity contribution in [1.82, 2.24) is 8.52 Å². The fourth-order valence-electron chi connectivity index (χ4n) is 1.52. The Morgan fingerprint density at radius 1 is 1.31 bits per heavy atom. The number of hydrogen-bond donors (Lipinski definition) is 0. The molecule has 1 aliphatic rings. The Hall–Kier alpha value is -1.56. The van der Waals surface area contributed by atoms with Crippen LogP contribution in [0.1, 0.15) is 12.8 Å². The summed E-state index contributed by atoms with van der Waals surface area (Å²) in [4.78, 5) is 22.8. The number of nitrogens with zero attached hydrogens (tertiary/aromatic N) is 2. The van der Waals surface area contributed by atoms with E-state index in [2.05, 4.69) is 0 Å². The molecule has 0 amide bonds. The number of allylic oxidation sites excluding steroid dienone is 4. The monoisotopic (exact) mass is 240 g/mol. The van der Waals surface area contributed by atoms with Gasteiger partial charge in [-0.25, -0.2) is 8.75 Å². The van der Waals surface area contributed by atoms with Gasteiger partial charge in [0.05, 0.1) is 12.9 Å². The highest BCUT2D eigenvalue weighted by molar-refractivity contribution is 7.04. The van der Waals surface area contributed by atoms with Gasteiger partial charge < -0.3 is 4.74 Å². The summed E-state index contributed by atoms with van der Waals surface area (Å²) < 4.78 is 7.65. The zero-order chi connectivity index (χ0) is 11.7. The minimum absolute atomic E-state index is 0.243. The average Bonchev–Trinajstić information content (AvgIpc) is 2.57. The Bertz CT molecular complexity index is 574. The Morgan fingerprint density at radius 3 is 2.50 bits per heavy atom. The molecule has 16 heavy (non-hydrogen) atoms. The number of rotatable bonds is 2. The third-order valence-electron chi connectivity index (χ3n) is 2.52. The Labute approximate surface area is 96.0 Å². The van der Waals surface area contributed by atoms with Gasteiger partial charge in [-0.1, -0.05) is 0 Å². The summed E-state index contributed by atoms with van der Waals surface area (Å²) in [6.45, 7) is 0. The molecule has 0 saturated heterocycles. The second-order valence-corrected chi connectivity index (χ2v) is 4.39. The molecule has 0 aromatic carbocycles. The van der Waals surface area contributed by atoms with Crippen LogP contribution in [0, 0.1) is 0 Å². The Balaban J connectivity index is 2.44. The van der Waals surface area contributed by atoms with Crippen molar-refractivity contribution >= 4 is 17.2 Å². The summed E-state index contributed by atoms with van der Waals surface area (Å²) in [5.41, 5.74) is 0.559. The van der Waals surface area contributed by atoms with Gasteiger partial charge in [0, 0.05) is 30.7 Å². The third kappa shape index (κ3) is 1.76. The maximum atomic E-state index is 11.7. The predicted molar refractivity (Wildman–Crippen MR) is 62.4 cm³/mol. The van der Waals surface area contributed by atoms with Crippen molar-refractivity contribution in [2.45, 2.75) is 12.8 Å². The van der Waals surface area contributed by atoms with Gasteiger partial charge in [-0.15, -0.1) is 0 Å². The predicted octanol–water partition coefficient (Wildman–Crippen LogP) is 0.773. The van der Waals surface area contributed by atoms with E-state index in [0.717, 1.165) is 34.0 Å². The first-order valence-electron chi connectivity index (χ1n) is 4.87. The number of aromatic nitrogens is 2. The Morgan fingerprint density at radius 2 is 2.06 bits per heavy atom. The maximum Gasteiger partial charge on any atom is 0.345 e. The second kappa shape index (κ2) is 4.13. The van der Waals surface area contributed by atoms with Crippen LogP contribution in [-0.4, -0.2) is 15.6 Å². The van der Waals surface area contributed by atoms with Gasteiger partial charge in [0.2, 0.25) is 0 Å². The zero-order valence-electron chi connectivity index (χ0n) is 9.10. The van der Waals surface area contributed by atoms with Gasteiger partial charge in [0.25, 0.3) is 0 Å². The number of hydrogen-bond acceptors (Lipinski definition) is 4. The van der Waals surface area contributed by atoms with Gasteiger partial charge in [-0.2, -0.15) is 0 Å². The van der Waals surface area contributed by atoms with Crippen molar-refractivity contribution in [3.05, 3.63) is 38.1 Å². The lowest BCUT2D eigenvalue weighted by molar-refractivity contribution is 0.277. The molecule has 0 unspecified atom stereocenters. The maximum absolute atomic E-state index is 11.7. The van der Waals surface area contributed by atoms with Crippen LogP contribution in [0.15, 0.2) is 27.5 Å². The smallest absolute Gasteiger partial charge is 0.345 e. The van der Waals surface area contributed by atoms with E-state index in [9.17, 15) is 9.59 Å². The second-order valence-electron chi connectivity index (χ2n) is 3.49. The topological polar surface area (TPSA) is 53.2 Å². The average molecular weight is 240 g/mol. The van der Waals surface area contributed by atoms with Crippen molar-refractivity contribution in [2.75, 3.05) is 7.11 Å². The molecule has 0 spiro atoms. The molecule has 0 saturated carbocycles. The highest BCUT2D eigenvalue weighted by Crippen LogP contribution is 2.21. The van der Waals surface area contributed by atoms with Gasteiger partial charge in [-0.3, -0.25) is 9.36 Å². The van der Waals surface area contributed by atoms with Crippen LogP contribution in [0.5, 0.6) is 0 Å². The highest BCUT2D eigenvalue weighted by atomic mass is 32.1. The van der Waals surface area contributed by atoms with E-state index in [1.165, 1.54) is 11.0 Å². The largest absolute Gasteiger partial charge is 0.501 e. The quantitative estimate of drug-likeness (QED) is 0.767. The van der Waals surface area contributed by atoms with E-state index >= 15 is 0 Å². The van der Waals surface area contributed by atoms with Crippen molar-refractivity contribution < 1.29 is 4.74 Å². The lowest BCUT2D eigenvalue weighted by Crippen LogP contribution is -2.25. The first kappa shape index (κ1) is 10.9. The van der Waals surface area contributed by atoms with Gasteiger partial charge in [0.1, 0.15) is 0 Å². The Kier molecular flexibility index (Phi) is 2.82. The van der Waals surface area contributed by atoms with Crippen molar-refractivity contribution in [3.8, 4) is 0 Å². The molecule has 86 valence electrons. The molecule has 0 radical (unpaired) electrons. The lowest BCUT2D eigenvalue weighted by atomic mass is 10.1. The van der Waals surface area contributed by atoms with Crippen LogP contribution in [0.2, 0.25) is 0 Å². The van der Waals surface area contributed by atoms with Crippen molar-refractivity contribution in [2.24, 2.45) is 7.05 Å². The molecule has 1 aromatic rings. The van der Waals surface area contributed by atoms with E-state index < -0.39 is 0 Å². The highest BCUT2D eigenvalue weighted by Gasteiger charge is 2.13. The van der Waals surface area contributed by atoms with E-state index in [1.54, 1.807) is 7.11 Å². The first-order valence-corrected chi connectivity index (χ1v) is 5.64. The van der Waals surface area contributed by atoms with Crippen LogP contribution in [0.4, 0.5) is 0 Å². The van der Waals surface area contributed by atoms with Crippen LogP contribution < -0.4 is 10.6 Å². The molecule has 1 heterocycles. The molecule has 2 rings (SSSR count). The van der Waals surface area contributed by atoms with Crippen molar-refractivity contribution in [3.63, 3.8) is 0 Å². The molecule has 1 aromatic heterocycles. The zero-order valence-corrected chi connectivity index (χ0v) is 9.91.